The number of aliphatic hydroxyl groups is 1. The number of aliphatic hydroxyl groups excluding tert-OH is 1. The molecule has 1 unspecified atom stereocenters. The maximum Gasteiger partial charge on any atom is 0.124 e. The molecule has 1 heterocycles. The van der Waals surface area contributed by atoms with Crippen LogP contribution >= 0.6 is 0 Å². The summed E-state index contributed by atoms with van der Waals surface area (Å²) >= 11 is 0. The van der Waals surface area contributed by atoms with E-state index < -0.39 is 0 Å². The number of nitrogens with one attached hydrogen (secondary N) is 1. The molecule has 3 heteroatoms. The quantitative estimate of drug-likeness (QED) is 0.805. The topological polar surface area (TPSA) is 41.5 Å². The van der Waals surface area contributed by atoms with E-state index in [4.69, 9.17) is 4.74 Å². The minimum atomic E-state index is 0.205. The molecule has 1 aliphatic rings. The average Bonchev–Trinajstić information content (AvgIpc) is 2.74. The zero-order valence-electron chi connectivity index (χ0n) is 13.4. The van der Waals surface area contributed by atoms with Crippen LogP contribution in [0.5, 0.6) is 5.75 Å². The summed E-state index contributed by atoms with van der Waals surface area (Å²) in [4.78, 5) is 0. The Balaban J connectivity index is 2.08. The SMILES string of the molecule is CCC(CC)(CCO)CNC1CCCOc2ccccc21. The van der Waals surface area contributed by atoms with Crippen LogP contribution in [0.15, 0.2) is 24.3 Å². The summed E-state index contributed by atoms with van der Waals surface area (Å²) in [6.07, 6.45) is 5.26. The van der Waals surface area contributed by atoms with E-state index >= 15 is 0 Å². The van der Waals surface area contributed by atoms with Crippen molar-refractivity contribution in [3.8, 4) is 5.75 Å². The number of fused-ring (bicyclic) bond motifs is 1. The Labute approximate surface area is 128 Å². The van der Waals surface area contributed by atoms with Crippen LogP contribution in [-0.2, 0) is 0 Å². The summed E-state index contributed by atoms with van der Waals surface area (Å²) in [6, 6.07) is 8.72. The summed E-state index contributed by atoms with van der Waals surface area (Å²) < 4.78 is 5.83. The van der Waals surface area contributed by atoms with Crippen LogP contribution in [0.25, 0.3) is 0 Å². The lowest BCUT2D eigenvalue weighted by Crippen LogP contribution is -2.36. The Kier molecular flexibility index (Phi) is 6.07. The van der Waals surface area contributed by atoms with Gasteiger partial charge in [0, 0.05) is 24.8 Å². The summed E-state index contributed by atoms with van der Waals surface area (Å²) in [6.45, 7) is 6.49. The maximum absolute atomic E-state index is 9.36. The van der Waals surface area contributed by atoms with Gasteiger partial charge in [-0.1, -0.05) is 32.0 Å². The standard InChI is InChI=1S/C18H29NO2/c1-3-18(4-2,11-12-20)14-19-16-9-7-13-21-17-10-6-5-8-15(16)17/h5-6,8,10,16,19-20H,3-4,7,9,11-14H2,1-2H3. The Hall–Kier alpha value is -1.06. The van der Waals surface area contributed by atoms with E-state index in [2.05, 4.69) is 37.4 Å². The van der Waals surface area contributed by atoms with Gasteiger partial charge < -0.3 is 15.2 Å². The van der Waals surface area contributed by atoms with Gasteiger partial charge in [0.2, 0.25) is 0 Å². The minimum absolute atomic E-state index is 0.205. The first-order valence-electron chi connectivity index (χ1n) is 8.30. The lowest BCUT2D eigenvalue weighted by Gasteiger charge is -2.33. The van der Waals surface area contributed by atoms with Crippen molar-refractivity contribution in [1.82, 2.24) is 5.32 Å². The third kappa shape index (κ3) is 3.98. The van der Waals surface area contributed by atoms with Crippen LogP contribution in [0.4, 0.5) is 0 Å². The normalized spacial score (nSPS) is 18.7. The average molecular weight is 291 g/mol. The molecule has 0 radical (unpaired) electrons. The molecule has 1 aromatic carbocycles. The molecule has 0 aromatic heterocycles. The molecular weight excluding hydrogens is 262 g/mol. The fourth-order valence-electron chi connectivity index (χ4n) is 3.26. The number of rotatable bonds is 7. The summed E-state index contributed by atoms with van der Waals surface area (Å²) in [5.41, 5.74) is 1.48. The summed E-state index contributed by atoms with van der Waals surface area (Å²) in [7, 11) is 0. The van der Waals surface area contributed by atoms with Crippen molar-refractivity contribution < 1.29 is 9.84 Å². The molecule has 1 aliphatic heterocycles. The molecule has 0 aliphatic carbocycles. The van der Waals surface area contributed by atoms with Gasteiger partial charge in [-0.2, -0.15) is 0 Å². The van der Waals surface area contributed by atoms with Crippen molar-refractivity contribution in [3.63, 3.8) is 0 Å². The van der Waals surface area contributed by atoms with Crippen LogP contribution in [0, 0.1) is 5.41 Å². The first-order chi connectivity index (χ1) is 10.2. The summed E-state index contributed by atoms with van der Waals surface area (Å²) in [5, 5.41) is 13.1. The highest BCUT2D eigenvalue weighted by atomic mass is 16.5. The number of ether oxygens (including phenoxy) is 1. The highest BCUT2D eigenvalue weighted by molar-refractivity contribution is 5.36. The molecule has 118 valence electrons. The van der Waals surface area contributed by atoms with Gasteiger partial charge in [-0.3, -0.25) is 0 Å². The van der Waals surface area contributed by atoms with Crippen LogP contribution in [0.3, 0.4) is 0 Å². The Morgan fingerprint density at radius 2 is 2.05 bits per heavy atom. The number of para-hydroxylation sites is 1. The van der Waals surface area contributed by atoms with Crippen molar-refractivity contribution in [2.45, 2.75) is 52.0 Å². The van der Waals surface area contributed by atoms with Gasteiger partial charge in [0.25, 0.3) is 0 Å². The lowest BCUT2D eigenvalue weighted by atomic mass is 9.79. The molecule has 0 spiro atoms. The highest BCUT2D eigenvalue weighted by Gasteiger charge is 2.28. The third-order valence-electron chi connectivity index (χ3n) is 5.05. The van der Waals surface area contributed by atoms with Crippen molar-refractivity contribution in [3.05, 3.63) is 29.8 Å². The van der Waals surface area contributed by atoms with Gasteiger partial charge in [0.05, 0.1) is 6.61 Å². The first-order valence-corrected chi connectivity index (χ1v) is 8.30. The van der Waals surface area contributed by atoms with E-state index in [1.165, 1.54) is 5.56 Å². The van der Waals surface area contributed by atoms with Crippen molar-refractivity contribution in [2.24, 2.45) is 5.41 Å². The molecule has 0 amide bonds. The highest BCUT2D eigenvalue weighted by Crippen LogP contribution is 2.34. The van der Waals surface area contributed by atoms with Gasteiger partial charge in [0.15, 0.2) is 0 Å². The second kappa shape index (κ2) is 7.81. The molecule has 0 bridgehead atoms. The van der Waals surface area contributed by atoms with E-state index in [1.807, 2.05) is 6.07 Å². The fourth-order valence-corrected chi connectivity index (χ4v) is 3.26. The molecule has 1 atom stereocenters. The van der Waals surface area contributed by atoms with Crippen LogP contribution < -0.4 is 10.1 Å². The third-order valence-corrected chi connectivity index (χ3v) is 5.05. The van der Waals surface area contributed by atoms with Gasteiger partial charge in [-0.15, -0.1) is 0 Å². The zero-order chi connectivity index (χ0) is 15.1. The first kappa shape index (κ1) is 16.3. The summed E-state index contributed by atoms with van der Waals surface area (Å²) in [5.74, 6) is 1.02. The second-order valence-corrected chi connectivity index (χ2v) is 6.14. The minimum Gasteiger partial charge on any atom is -0.493 e. The van der Waals surface area contributed by atoms with Gasteiger partial charge >= 0.3 is 0 Å². The molecular formula is C18H29NO2. The van der Waals surface area contributed by atoms with Crippen molar-refractivity contribution in [1.29, 1.82) is 0 Å². The van der Waals surface area contributed by atoms with Crippen molar-refractivity contribution in [2.75, 3.05) is 19.8 Å². The number of benzene rings is 1. The van der Waals surface area contributed by atoms with Crippen LogP contribution in [0.1, 0.15) is 57.6 Å². The van der Waals surface area contributed by atoms with E-state index in [9.17, 15) is 5.11 Å². The molecule has 0 saturated carbocycles. The van der Waals surface area contributed by atoms with Crippen molar-refractivity contribution >= 4 is 0 Å². The van der Waals surface area contributed by atoms with E-state index in [1.54, 1.807) is 0 Å². The maximum atomic E-state index is 9.36. The molecule has 21 heavy (non-hydrogen) atoms. The van der Waals surface area contributed by atoms with Crippen LogP contribution in [-0.4, -0.2) is 24.9 Å². The van der Waals surface area contributed by atoms with E-state index in [0.717, 1.165) is 51.0 Å². The molecule has 3 nitrogen and oxygen atoms in total. The number of hydrogen-bond acceptors (Lipinski definition) is 3. The van der Waals surface area contributed by atoms with Gasteiger partial charge in [-0.05, 0) is 43.6 Å². The Morgan fingerprint density at radius 3 is 2.76 bits per heavy atom. The van der Waals surface area contributed by atoms with E-state index in [0.29, 0.717) is 6.04 Å². The molecule has 2 N–H and O–H groups in total. The molecule has 1 aromatic rings. The number of hydrogen-bond donors (Lipinski definition) is 2. The zero-order valence-corrected chi connectivity index (χ0v) is 13.4. The second-order valence-electron chi connectivity index (χ2n) is 6.14. The monoisotopic (exact) mass is 291 g/mol. The van der Waals surface area contributed by atoms with Gasteiger partial charge in [-0.25, -0.2) is 0 Å². The molecule has 0 saturated heterocycles. The predicted molar refractivity (Wildman–Crippen MR) is 86.6 cm³/mol. The molecule has 0 fully saturated rings. The van der Waals surface area contributed by atoms with Gasteiger partial charge in [0.1, 0.15) is 5.75 Å². The Morgan fingerprint density at radius 1 is 1.29 bits per heavy atom. The largest absolute Gasteiger partial charge is 0.493 e. The molecule has 2 rings (SSSR count). The fraction of sp³-hybridized carbons (Fsp3) is 0.667. The predicted octanol–water partition coefficient (Wildman–Crippen LogP) is 3.68. The lowest BCUT2D eigenvalue weighted by molar-refractivity contribution is 0.158. The van der Waals surface area contributed by atoms with Crippen LogP contribution in [0.2, 0.25) is 0 Å². The Bertz CT molecular complexity index is 429. The smallest absolute Gasteiger partial charge is 0.124 e. The van der Waals surface area contributed by atoms with E-state index in [-0.39, 0.29) is 12.0 Å².